The fourth-order valence-corrected chi connectivity index (χ4v) is 2.80. The summed E-state index contributed by atoms with van der Waals surface area (Å²) in [4.78, 5) is 0. The van der Waals surface area contributed by atoms with Crippen LogP contribution in [0.5, 0.6) is 0 Å². The molecule has 1 saturated carbocycles. The highest BCUT2D eigenvalue weighted by atomic mass is 35.5. The first-order valence-corrected chi connectivity index (χ1v) is 7.86. The second kappa shape index (κ2) is 7.56. The molecule has 1 aliphatic rings. The molecule has 0 amide bonds. The average Bonchev–Trinajstić information content (AvgIpc) is 2.44. The largest absolute Gasteiger partial charge is 0.377 e. The quantitative estimate of drug-likeness (QED) is 0.516. The third-order valence-electron chi connectivity index (χ3n) is 3.00. The van der Waals surface area contributed by atoms with Crippen molar-refractivity contribution in [1.29, 1.82) is 0 Å². The van der Waals surface area contributed by atoms with Crippen LogP contribution in [0.1, 0.15) is 37.7 Å². The maximum Gasteiger partial charge on any atom is 0.180 e. The van der Waals surface area contributed by atoms with Crippen molar-refractivity contribution in [1.82, 2.24) is 0 Å². The van der Waals surface area contributed by atoms with Crippen LogP contribution in [-0.2, 0) is 5.75 Å². The van der Waals surface area contributed by atoms with Gasteiger partial charge in [-0.3, -0.25) is 0 Å². The standard InChI is InChI=1S/C14H18ClN3S/c15-12-6-4-5-11(9-12)10-19-14(16)18-17-13-7-2-1-3-8-13/h4-6,9H,1-3,7-8,10H2,(H2,16,18). The zero-order valence-electron chi connectivity index (χ0n) is 10.8. The molecule has 0 atom stereocenters. The average molecular weight is 296 g/mol. The van der Waals surface area contributed by atoms with Crippen LogP contribution in [-0.4, -0.2) is 10.9 Å². The third kappa shape index (κ3) is 5.25. The van der Waals surface area contributed by atoms with Crippen LogP contribution in [0.2, 0.25) is 5.02 Å². The first-order valence-electron chi connectivity index (χ1n) is 6.50. The molecule has 102 valence electrons. The zero-order chi connectivity index (χ0) is 13.5. The molecule has 1 aromatic carbocycles. The van der Waals surface area contributed by atoms with Crippen molar-refractivity contribution < 1.29 is 0 Å². The minimum atomic E-state index is 0.512. The highest BCUT2D eigenvalue weighted by molar-refractivity contribution is 8.13. The zero-order valence-corrected chi connectivity index (χ0v) is 12.4. The van der Waals surface area contributed by atoms with E-state index in [1.807, 2.05) is 24.3 Å². The van der Waals surface area contributed by atoms with Gasteiger partial charge in [0.05, 0.1) is 0 Å². The molecule has 0 radical (unpaired) electrons. The van der Waals surface area contributed by atoms with E-state index in [9.17, 15) is 0 Å². The second-order valence-corrected chi connectivity index (χ2v) is 6.02. The summed E-state index contributed by atoms with van der Waals surface area (Å²) in [7, 11) is 0. The molecule has 0 heterocycles. The summed E-state index contributed by atoms with van der Waals surface area (Å²) in [6.07, 6.45) is 5.89. The van der Waals surface area contributed by atoms with E-state index in [1.165, 1.54) is 36.7 Å². The van der Waals surface area contributed by atoms with Crippen molar-refractivity contribution in [2.24, 2.45) is 15.9 Å². The molecule has 19 heavy (non-hydrogen) atoms. The molecule has 0 aliphatic heterocycles. The van der Waals surface area contributed by atoms with Crippen molar-refractivity contribution in [3.63, 3.8) is 0 Å². The van der Waals surface area contributed by atoms with Gasteiger partial charge in [-0.1, -0.05) is 41.9 Å². The van der Waals surface area contributed by atoms with E-state index in [-0.39, 0.29) is 0 Å². The number of halogens is 1. The Labute approximate surface area is 123 Å². The topological polar surface area (TPSA) is 50.7 Å². The number of rotatable bonds is 3. The van der Waals surface area contributed by atoms with Crippen molar-refractivity contribution in [2.45, 2.75) is 37.9 Å². The van der Waals surface area contributed by atoms with Crippen molar-refractivity contribution in [3.05, 3.63) is 34.9 Å². The van der Waals surface area contributed by atoms with Gasteiger partial charge in [0.2, 0.25) is 0 Å². The number of hydrogen-bond donors (Lipinski definition) is 1. The number of amidine groups is 1. The van der Waals surface area contributed by atoms with Crippen LogP contribution in [0, 0.1) is 0 Å². The maximum absolute atomic E-state index is 5.93. The number of benzene rings is 1. The van der Waals surface area contributed by atoms with Gasteiger partial charge >= 0.3 is 0 Å². The van der Waals surface area contributed by atoms with Gasteiger partial charge in [0.25, 0.3) is 0 Å². The van der Waals surface area contributed by atoms with Gasteiger partial charge in [-0.15, -0.1) is 5.10 Å². The minimum absolute atomic E-state index is 0.512. The predicted octanol–water partition coefficient (Wildman–Crippen LogP) is 4.21. The molecule has 1 aromatic rings. The Bertz CT molecular complexity index is 477. The minimum Gasteiger partial charge on any atom is -0.377 e. The van der Waals surface area contributed by atoms with Gasteiger partial charge in [-0.25, -0.2) is 0 Å². The number of nitrogens with zero attached hydrogens (tertiary/aromatic N) is 2. The normalized spacial score (nSPS) is 16.5. The first-order chi connectivity index (χ1) is 9.24. The summed E-state index contributed by atoms with van der Waals surface area (Å²) in [6, 6.07) is 7.77. The third-order valence-corrected chi connectivity index (χ3v) is 4.09. The van der Waals surface area contributed by atoms with E-state index >= 15 is 0 Å². The Kier molecular flexibility index (Phi) is 5.73. The van der Waals surface area contributed by atoms with E-state index in [2.05, 4.69) is 10.2 Å². The van der Waals surface area contributed by atoms with Crippen LogP contribution < -0.4 is 5.73 Å². The Balaban J connectivity index is 1.85. The monoisotopic (exact) mass is 295 g/mol. The molecule has 0 aromatic heterocycles. The Morgan fingerprint density at radius 1 is 1.26 bits per heavy atom. The molecular weight excluding hydrogens is 278 g/mol. The first kappa shape index (κ1) is 14.4. The van der Waals surface area contributed by atoms with Crippen LogP contribution in [0.3, 0.4) is 0 Å². The van der Waals surface area contributed by atoms with Crippen molar-refractivity contribution in [3.8, 4) is 0 Å². The van der Waals surface area contributed by atoms with E-state index < -0.39 is 0 Å². The van der Waals surface area contributed by atoms with Gasteiger partial charge in [-0.2, -0.15) is 5.10 Å². The van der Waals surface area contributed by atoms with Crippen LogP contribution >= 0.6 is 23.4 Å². The van der Waals surface area contributed by atoms with Gasteiger partial charge in [-0.05, 0) is 43.4 Å². The Morgan fingerprint density at radius 3 is 2.79 bits per heavy atom. The summed E-state index contributed by atoms with van der Waals surface area (Å²) in [5, 5.41) is 9.60. The van der Waals surface area contributed by atoms with Crippen molar-refractivity contribution in [2.75, 3.05) is 0 Å². The van der Waals surface area contributed by atoms with Crippen LogP contribution in [0.15, 0.2) is 34.5 Å². The van der Waals surface area contributed by atoms with Crippen LogP contribution in [0.25, 0.3) is 0 Å². The van der Waals surface area contributed by atoms with Gasteiger partial charge in [0.15, 0.2) is 5.17 Å². The molecule has 0 spiro atoms. The van der Waals surface area contributed by atoms with Crippen LogP contribution in [0.4, 0.5) is 0 Å². The van der Waals surface area contributed by atoms with E-state index in [0.717, 1.165) is 29.2 Å². The molecule has 0 bridgehead atoms. The number of thioether (sulfide) groups is 1. The lowest BCUT2D eigenvalue weighted by Gasteiger charge is -2.10. The Morgan fingerprint density at radius 2 is 2.05 bits per heavy atom. The van der Waals surface area contributed by atoms with Gasteiger partial charge in [0.1, 0.15) is 0 Å². The lowest BCUT2D eigenvalue weighted by molar-refractivity contribution is 0.664. The lowest BCUT2D eigenvalue weighted by atomic mass is 9.99. The fourth-order valence-electron chi connectivity index (χ4n) is 1.99. The molecule has 0 unspecified atom stereocenters. The highest BCUT2D eigenvalue weighted by Gasteiger charge is 2.06. The van der Waals surface area contributed by atoms with E-state index in [1.54, 1.807) is 0 Å². The predicted molar refractivity (Wildman–Crippen MR) is 84.9 cm³/mol. The number of nitrogens with two attached hydrogens (primary N) is 1. The van der Waals surface area contributed by atoms with E-state index in [0.29, 0.717) is 5.17 Å². The summed E-state index contributed by atoms with van der Waals surface area (Å²) in [6.45, 7) is 0. The molecule has 1 fully saturated rings. The maximum atomic E-state index is 5.93. The highest BCUT2D eigenvalue weighted by Crippen LogP contribution is 2.17. The molecule has 0 saturated heterocycles. The SMILES string of the molecule is N/C(=N\N=C1CCCCC1)SCc1cccc(Cl)c1. The summed E-state index contributed by atoms with van der Waals surface area (Å²) < 4.78 is 0. The molecular formula is C14H18ClN3S. The van der Waals surface area contributed by atoms with E-state index in [4.69, 9.17) is 17.3 Å². The molecule has 2 rings (SSSR count). The van der Waals surface area contributed by atoms with Gasteiger partial charge < -0.3 is 5.73 Å². The molecule has 2 N–H and O–H groups in total. The lowest BCUT2D eigenvalue weighted by Crippen LogP contribution is -2.08. The number of hydrogen-bond acceptors (Lipinski definition) is 3. The van der Waals surface area contributed by atoms with Crippen molar-refractivity contribution >= 4 is 34.2 Å². The molecule has 5 heteroatoms. The second-order valence-electron chi connectivity index (χ2n) is 4.58. The molecule has 1 aliphatic carbocycles. The summed E-state index contributed by atoms with van der Waals surface area (Å²) >= 11 is 7.42. The summed E-state index contributed by atoms with van der Waals surface area (Å²) in [5.74, 6) is 0.765. The molecule has 3 nitrogen and oxygen atoms in total. The Hall–Kier alpha value is -1.00. The smallest absolute Gasteiger partial charge is 0.180 e. The fraction of sp³-hybridized carbons (Fsp3) is 0.429. The van der Waals surface area contributed by atoms with Gasteiger partial charge in [0, 0.05) is 16.5 Å². The summed E-state index contributed by atoms with van der Waals surface area (Å²) in [5.41, 5.74) is 8.17.